The summed E-state index contributed by atoms with van der Waals surface area (Å²) in [5.41, 5.74) is 1.08. The average molecular weight is 306 g/mol. The van der Waals surface area contributed by atoms with Gasteiger partial charge in [-0.2, -0.15) is 0 Å². The summed E-state index contributed by atoms with van der Waals surface area (Å²) in [6.45, 7) is 8.30. The van der Waals surface area contributed by atoms with Crippen LogP contribution in [0.5, 0.6) is 5.88 Å². The van der Waals surface area contributed by atoms with E-state index >= 15 is 0 Å². The second-order valence-corrected chi connectivity index (χ2v) is 6.21. The van der Waals surface area contributed by atoms with Crippen LogP contribution in [0.3, 0.4) is 0 Å². The molecule has 0 unspecified atom stereocenters. The lowest BCUT2D eigenvalue weighted by molar-refractivity contribution is 0.0223. The van der Waals surface area contributed by atoms with Crippen LogP contribution in [0.15, 0.2) is 12.5 Å². The third kappa shape index (κ3) is 4.15. The van der Waals surface area contributed by atoms with E-state index in [1.165, 1.54) is 19.4 Å². The Balaban J connectivity index is 1.53. The molecule has 0 radical (unpaired) electrons. The summed E-state index contributed by atoms with van der Waals surface area (Å²) in [4.78, 5) is 13.4. The fourth-order valence-electron chi connectivity index (χ4n) is 3.47. The molecule has 1 aromatic heterocycles. The monoisotopic (exact) mass is 306 g/mol. The SMILES string of the molecule is COc1ncncc1CN1CCC[C@@H](CN2CCOCC2)C1. The molecule has 122 valence electrons. The molecule has 0 spiro atoms. The highest BCUT2D eigenvalue weighted by atomic mass is 16.5. The van der Waals surface area contributed by atoms with Crippen molar-refractivity contribution in [2.45, 2.75) is 19.4 Å². The summed E-state index contributed by atoms with van der Waals surface area (Å²) in [5.74, 6) is 1.45. The van der Waals surface area contributed by atoms with Crippen LogP contribution in [-0.2, 0) is 11.3 Å². The molecule has 0 amide bonds. The van der Waals surface area contributed by atoms with E-state index in [1.807, 2.05) is 6.20 Å². The Bertz CT molecular complexity index is 465. The van der Waals surface area contributed by atoms with Gasteiger partial charge in [-0.25, -0.2) is 9.97 Å². The van der Waals surface area contributed by atoms with E-state index in [2.05, 4.69) is 19.8 Å². The number of piperidine rings is 1. The van der Waals surface area contributed by atoms with E-state index < -0.39 is 0 Å². The van der Waals surface area contributed by atoms with Gasteiger partial charge in [0.25, 0.3) is 0 Å². The molecular formula is C16H26N4O2. The summed E-state index contributed by atoms with van der Waals surface area (Å²) in [5, 5.41) is 0. The van der Waals surface area contributed by atoms with Gasteiger partial charge >= 0.3 is 0 Å². The number of rotatable bonds is 5. The number of likely N-dealkylation sites (tertiary alicyclic amines) is 1. The van der Waals surface area contributed by atoms with Crippen LogP contribution < -0.4 is 4.74 Å². The third-order valence-corrected chi connectivity index (χ3v) is 4.56. The van der Waals surface area contributed by atoms with Crippen molar-refractivity contribution in [1.29, 1.82) is 0 Å². The maximum Gasteiger partial charge on any atom is 0.220 e. The van der Waals surface area contributed by atoms with Crippen LogP contribution in [0, 0.1) is 5.92 Å². The van der Waals surface area contributed by atoms with Crippen molar-refractivity contribution >= 4 is 0 Å². The zero-order chi connectivity index (χ0) is 15.2. The van der Waals surface area contributed by atoms with Crippen molar-refractivity contribution in [1.82, 2.24) is 19.8 Å². The highest BCUT2D eigenvalue weighted by molar-refractivity contribution is 5.21. The lowest BCUT2D eigenvalue weighted by Crippen LogP contribution is -2.44. The third-order valence-electron chi connectivity index (χ3n) is 4.56. The number of morpholine rings is 1. The summed E-state index contributed by atoms with van der Waals surface area (Å²) in [7, 11) is 1.67. The molecule has 0 N–H and O–H groups in total. The van der Waals surface area contributed by atoms with Crippen molar-refractivity contribution in [3.63, 3.8) is 0 Å². The minimum absolute atomic E-state index is 0.699. The van der Waals surface area contributed by atoms with Gasteiger partial charge < -0.3 is 9.47 Å². The molecular weight excluding hydrogens is 280 g/mol. The second kappa shape index (κ2) is 7.85. The lowest BCUT2D eigenvalue weighted by Gasteiger charge is -2.36. The van der Waals surface area contributed by atoms with Gasteiger partial charge in [0.05, 0.1) is 20.3 Å². The molecule has 2 saturated heterocycles. The molecule has 0 saturated carbocycles. The first-order valence-corrected chi connectivity index (χ1v) is 8.20. The van der Waals surface area contributed by atoms with E-state index in [0.29, 0.717) is 5.88 Å². The second-order valence-electron chi connectivity index (χ2n) is 6.21. The van der Waals surface area contributed by atoms with Gasteiger partial charge in [0.1, 0.15) is 6.33 Å². The van der Waals surface area contributed by atoms with Crippen LogP contribution in [-0.4, -0.2) is 72.8 Å². The van der Waals surface area contributed by atoms with E-state index in [4.69, 9.17) is 9.47 Å². The smallest absolute Gasteiger partial charge is 0.220 e. The summed E-state index contributed by atoms with van der Waals surface area (Å²) in [6, 6.07) is 0. The highest BCUT2D eigenvalue weighted by Crippen LogP contribution is 2.22. The molecule has 2 aliphatic heterocycles. The quantitative estimate of drug-likeness (QED) is 0.810. The Morgan fingerprint density at radius 1 is 1.27 bits per heavy atom. The van der Waals surface area contributed by atoms with Crippen molar-refractivity contribution in [2.75, 3.05) is 53.0 Å². The zero-order valence-corrected chi connectivity index (χ0v) is 13.4. The number of ether oxygens (including phenoxy) is 2. The van der Waals surface area contributed by atoms with Gasteiger partial charge in [-0.15, -0.1) is 0 Å². The lowest BCUT2D eigenvalue weighted by atomic mass is 9.97. The van der Waals surface area contributed by atoms with Crippen molar-refractivity contribution in [3.8, 4) is 5.88 Å². The van der Waals surface area contributed by atoms with Gasteiger partial charge in [0.15, 0.2) is 0 Å². The van der Waals surface area contributed by atoms with E-state index in [1.54, 1.807) is 13.4 Å². The molecule has 6 heteroatoms. The Morgan fingerprint density at radius 3 is 2.95 bits per heavy atom. The van der Waals surface area contributed by atoms with Crippen LogP contribution in [0.4, 0.5) is 0 Å². The van der Waals surface area contributed by atoms with Crippen molar-refractivity contribution in [2.24, 2.45) is 5.92 Å². The number of methoxy groups -OCH3 is 1. The highest BCUT2D eigenvalue weighted by Gasteiger charge is 2.23. The first kappa shape index (κ1) is 15.6. The summed E-state index contributed by atoms with van der Waals surface area (Å²) in [6.07, 6.45) is 6.01. The normalized spacial score (nSPS) is 24.3. The Kier molecular flexibility index (Phi) is 5.58. The maximum atomic E-state index is 5.43. The predicted octanol–water partition coefficient (Wildman–Crippen LogP) is 1.03. The number of hydrogen-bond acceptors (Lipinski definition) is 6. The maximum absolute atomic E-state index is 5.43. The molecule has 2 fully saturated rings. The Hall–Kier alpha value is -1.24. The topological polar surface area (TPSA) is 50.7 Å². The Labute approximate surface area is 132 Å². The van der Waals surface area contributed by atoms with Crippen LogP contribution in [0.2, 0.25) is 0 Å². The first-order chi connectivity index (χ1) is 10.8. The average Bonchev–Trinajstić information content (AvgIpc) is 2.57. The molecule has 0 aliphatic carbocycles. The molecule has 0 aromatic carbocycles. The van der Waals surface area contributed by atoms with Crippen molar-refractivity contribution < 1.29 is 9.47 Å². The fourth-order valence-corrected chi connectivity index (χ4v) is 3.47. The van der Waals surface area contributed by atoms with E-state index in [0.717, 1.165) is 57.4 Å². The molecule has 2 aliphatic rings. The van der Waals surface area contributed by atoms with Gasteiger partial charge in [-0.05, 0) is 25.3 Å². The van der Waals surface area contributed by atoms with Gasteiger partial charge in [-0.1, -0.05) is 0 Å². The molecule has 6 nitrogen and oxygen atoms in total. The first-order valence-electron chi connectivity index (χ1n) is 8.20. The summed E-state index contributed by atoms with van der Waals surface area (Å²) >= 11 is 0. The van der Waals surface area contributed by atoms with Crippen LogP contribution in [0.1, 0.15) is 18.4 Å². The standard InChI is InChI=1S/C16H26N4O2/c1-21-16-15(9-17-13-18-16)12-20-4-2-3-14(11-20)10-19-5-7-22-8-6-19/h9,13-14H,2-8,10-12H2,1H3/t14-/m0/s1. The molecule has 3 rings (SSSR count). The number of nitrogens with zero attached hydrogens (tertiary/aromatic N) is 4. The Morgan fingerprint density at radius 2 is 2.14 bits per heavy atom. The molecule has 1 atom stereocenters. The van der Waals surface area contributed by atoms with Crippen LogP contribution >= 0.6 is 0 Å². The minimum atomic E-state index is 0.699. The van der Waals surface area contributed by atoms with E-state index in [9.17, 15) is 0 Å². The molecule has 0 bridgehead atoms. The predicted molar refractivity (Wildman–Crippen MR) is 83.8 cm³/mol. The molecule has 1 aromatic rings. The van der Waals surface area contributed by atoms with Crippen LogP contribution in [0.25, 0.3) is 0 Å². The van der Waals surface area contributed by atoms with Crippen molar-refractivity contribution in [3.05, 3.63) is 18.1 Å². The summed E-state index contributed by atoms with van der Waals surface area (Å²) < 4.78 is 10.8. The van der Waals surface area contributed by atoms with Gasteiger partial charge in [0, 0.05) is 44.5 Å². The van der Waals surface area contributed by atoms with Gasteiger partial charge in [0.2, 0.25) is 5.88 Å². The van der Waals surface area contributed by atoms with Gasteiger partial charge in [-0.3, -0.25) is 9.80 Å². The molecule has 3 heterocycles. The number of aromatic nitrogens is 2. The molecule has 22 heavy (non-hydrogen) atoms. The minimum Gasteiger partial charge on any atom is -0.481 e. The number of hydrogen-bond donors (Lipinski definition) is 0. The van der Waals surface area contributed by atoms with E-state index in [-0.39, 0.29) is 0 Å². The largest absolute Gasteiger partial charge is 0.481 e. The fraction of sp³-hybridized carbons (Fsp3) is 0.750. The zero-order valence-electron chi connectivity index (χ0n) is 13.4.